The molecule has 0 aliphatic carbocycles. The largest absolute Gasteiger partial charge is 0.448 e. The van der Waals surface area contributed by atoms with Crippen molar-refractivity contribution in [2.24, 2.45) is 0 Å². The molecule has 0 atom stereocenters. The quantitative estimate of drug-likeness (QED) is 0.415. The van der Waals surface area contributed by atoms with Crippen molar-refractivity contribution in [3.05, 3.63) is 69.7 Å². The second-order valence-electron chi connectivity index (χ2n) is 6.95. The molecular formula is C22H19ClN4O5. The lowest BCUT2D eigenvalue weighted by atomic mass is 10.2. The van der Waals surface area contributed by atoms with Gasteiger partial charge in [0.1, 0.15) is 17.6 Å². The minimum atomic E-state index is -0.460. The van der Waals surface area contributed by atoms with E-state index in [1.165, 1.54) is 30.1 Å². The van der Waals surface area contributed by atoms with E-state index < -0.39 is 11.5 Å². The lowest BCUT2D eigenvalue weighted by Crippen LogP contribution is -2.28. The molecule has 10 heteroatoms. The zero-order chi connectivity index (χ0) is 22.7. The third kappa shape index (κ3) is 4.34. The number of ether oxygens (including phenoxy) is 1. The Morgan fingerprint density at radius 1 is 1.22 bits per heavy atom. The number of benzene rings is 2. The molecule has 0 aliphatic heterocycles. The molecule has 9 nitrogen and oxygen atoms in total. The van der Waals surface area contributed by atoms with Crippen LogP contribution < -0.4 is 16.2 Å². The first-order valence-corrected chi connectivity index (χ1v) is 10.1. The van der Waals surface area contributed by atoms with Crippen molar-refractivity contribution < 1.29 is 18.7 Å². The summed E-state index contributed by atoms with van der Waals surface area (Å²) >= 11 is 6.19. The molecule has 0 saturated carbocycles. The highest BCUT2D eigenvalue weighted by molar-refractivity contribution is 6.34. The van der Waals surface area contributed by atoms with Gasteiger partial charge in [0.25, 0.3) is 11.5 Å². The fourth-order valence-corrected chi connectivity index (χ4v) is 3.49. The predicted molar refractivity (Wildman–Crippen MR) is 120 cm³/mol. The number of hydrogen-bond donors (Lipinski definition) is 2. The number of aromatic nitrogens is 2. The van der Waals surface area contributed by atoms with E-state index in [2.05, 4.69) is 15.6 Å². The van der Waals surface area contributed by atoms with E-state index in [0.717, 1.165) is 5.39 Å². The Balaban J connectivity index is 1.48. The fourth-order valence-electron chi connectivity index (χ4n) is 3.22. The van der Waals surface area contributed by atoms with Gasteiger partial charge in [-0.05, 0) is 30.3 Å². The summed E-state index contributed by atoms with van der Waals surface area (Å²) in [5.41, 5.74) is 1.30. The molecule has 0 unspecified atom stereocenters. The Morgan fingerprint density at radius 3 is 2.81 bits per heavy atom. The summed E-state index contributed by atoms with van der Waals surface area (Å²) in [5.74, 6) is -0.806. The maximum Gasteiger partial charge on any atom is 0.297 e. The van der Waals surface area contributed by atoms with Crippen molar-refractivity contribution >= 4 is 51.2 Å². The topological polar surface area (TPSA) is 115 Å². The molecule has 4 rings (SSSR count). The van der Waals surface area contributed by atoms with Gasteiger partial charge in [0.05, 0.1) is 23.5 Å². The van der Waals surface area contributed by atoms with Crippen LogP contribution in [0.1, 0.15) is 10.4 Å². The van der Waals surface area contributed by atoms with Crippen molar-refractivity contribution in [3.8, 4) is 0 Å². The van der Waals surface area contributed by atoms with Crippen LogP contribution in [0.4, 0.5) is 5.69 Å². The summed E-state index contributed by atoms with van der Waals surface area (Å²) in [6.45, 7) is 0.462. The maximum atomic E-state index is 12.7. The van der Waals surface area contributed by atoms with Crippen LogP contribution in [0.5, 0.6) is 0 Å². The van der Waals surface area contributed by atoms with Gasteiger partial charge in [0.15, 0.2) is 0 Å². The number of halogens is 1. The van der Waals surface area contributed by atoms with E-state index in [4.69, 9.17) is 20.8 Å². The second-order valence-corrected chi connectivity index (χ2v) is 7.35. The number of carbonyl (C=O) groups is 2. The number of para-hydroxylation sites is 1. The normalized spacial score (nSPS) is 11.1. The number of carbonyl (C=O) groups excluding carboxylic acids is 2. The number of furan rings is 1. The molecule has 2 aromatic carbocycles. The fraction of sp³-hybridized carbons (Fsp3) is 0.182. The van der Waals surface area contributed by atoms with Crippen LogP contribution in [-0.2, 0) is 16.1 Å². The molecule has 0 spiro atoms. The minimum Gasteiger partial charge on any atom is -0.448 e. The molecule has 32 heavy (non-hydrogen) atoms. The Hall–Kier alpha value is -3.69. The van der Waals surface area contributed by atoms with Crippen LogP contribution in [-0.4, -0.2) is 41.6 Å². The molecule has 2 amide bonds. The highest BCUT2D eigenvalue weighted by Crippen LogP contribution is 2.24. The molecule has 2 N–H and O–H groups in total. The van der Waals surface area contributed by atoms with E-state index in [-0.39, 0.29) is 28.6 Å². The van der Waals surface area contributed by atoms with Gasteiger partial charge in [-0.2, -0.15) is 0 Å². The Labute approximate surface area is 186 Å². The highest BCUT2D eigenvalue weighted by Gasteiger charge is 2.15. The van der Waals surface area contributed by atoms with Crippen LogP contribution in [0.3, 0.4) is 0 Å². The van der Waals surface area contributed by atoms with Crippen molar-refractivity contribution in [1.29, 1.82) is 0 Å². The average Bonchev–Trinajstić information content (AvgIpc) is 3.15. The van der Waals surface area contributed by atoms with Crippen LogP contribution >= 0.6 is 11.6 Å². The number of nitrogens with one attached hydrogen (secondary N) is 2. The van der Waals surface area contributed by atoms with Crippen molar-refractivity contribution in [2.45, 2.75) is 6.54 Å². The van der Waals surface area contributed by atoms with Gasteiger partial charge in [-0.3, -0.25) is 19.0 Å². The minimum absolute atomic E-state index is 0.0911. The second kappa shape index (κ2) is 9.21. The number of methoxy groups -OCH3 is 1. The lowest BCUT2D eigenvalue weighted by Gasteiger charge is -2.10. The molecular weight excluding hydrogens is 436 g/mol. The molecule has 0 aliphatic rings. The van der Waals surface area contributed by atoms with E-state index >= 15 is 0 Å². The first-order chi connectivity index (χ1) is 15.5. The van der Waals surface area contributed by atoms with Gasteiger partial charge in [0.2, 0.25) is 11.5 Å². The SMILES string of the molecule is COCCNC(=O)c1ccc(NC(=O)Cn2cnc3c(oc4ccccc43)c2=O)cc1Cl. The first-order valence-electron chi connectivity index (χ1n) is 9.71. The van der Waals surface area contributed by atoms with Crippen molar-refractivity contribution in [3.63, 3.8) is 0 Å². The highest BCUT2D eigenvalue weighted by atomic mass is 35.5. The number of anilines is 1. The summed E-state index contributed by atoms with van der Waals surface area (Å²) in [5, 5.41) is 6.25. The Morgan fingerprint density at radius 2 is 2.03 bits per heavy atom. The van der Waals surface area contributed by atoms with Crippen LogP contribution in [0, 0.1) is 0 Å². The number of amides is 2. The van der Waals surface area contributed by atoms with Crippen LogP contribution in [0.25, 0.3) is 22.1 Å². The average molecular weight is 455 g/mol. The Bertz CT molecular complexity index is 1380. The third-order valence-electron chi connectivity index (χ3n) is 4.75. The van der Waals surface area contributed by atoms with Crippen LogP contribution in [0.2, 0.25) is 5.02 Å². The molecule has 0 bridgehead atoms. The molecule has 2 heterocycles. The van der Waals surface area contributed by atoms with E-state index in [9.17, 15) is 14.4 Å². The first kappa shape index (κ1) is 21.5. The van der Waals surface area contributed by atoms with Gasteiger partial charge >= 0.3 is 0 Å². The zero-order valence-electron chi connectivity index (χ0n) is 17.1. The molecule has 0 saturated heterocycles. The molecule has 164 valence electrons. The van der Waals surface area contributed by atoms with Gasteiger partial charge in [-0.1, -0.05) is 23.7 Å². The Kier molecular flexibility index (Phi) is 6.20. The molecule has 2 aromatic heterocycles. The molecule has 0 radical (unpaired) electrons. The van der Waals surface area contributed by atoms with Crippen LogP contribution in [0.15, 0.2) is 58.0 Å². The molecule has 4 aromatic rings. The predicted octanol–water partition coefficient (Wildman–Crippen LogP) is 2.81. The summed E-state index contributed by atoms with van der Waals surface area (Å²) < 4.78 is 11.7. The lowest BCUT2D eigenvalue weighted by molar-refractivity contribution is -0.116. The molecule has 0 fully saturated rings. The smallest absolute Gasteiger partial charge is 0.297 e. The number of hydrogen-bond acceptors (Lipinski definition) is 6. The van der Waals surface area contributed by atoms with E-state index in [1.807, 2.05) is 12.1 Å². The maximum absolute atomic E-state index is 12.7. The van der Waals surface area contributed by atoms with Gasteiger partial charge in [-0.25, -0.2) is 4.98 Å². The van der Waals surface area contributed by atoms with Crippen molar-refractivity contribution in [2.75, 3.05) is 25.6 Å². The summed E-state index contributed by atoms with van der Waals surface area (Å²) in [7, 11) is 1.54. The summed E-state index contributed by atoms with van der Waals surface area (Å²) in [6.07, 6.45) is 1.31. The monoisotopic (exact) mass is 454 g/mol. The van der Waals surface area contributed by atoms with Gasteiger partial charge < -0.3 is 19.8 Å². The number of nitrogens with zero attached hydrogens (tertiary/aromatic N) is 2. The third-order valence-corrected chi connectivity index (χ3v) is 5.07. The van der Waals surface area contributed by atoms with Crippen molar-refractivity contribution in [1.82, 2.24) is 14.9 Å². The number of rotatable bonds is 7. The summed E-state index contributed by atoms with van der Waals surface area (Å²) in [4.78, 5) is 41.6. The van der Waals surface area contributed by atoms with E-state index in [1.54, 1.807) is 18.2 Å². The zero-order valence-corrected chi connectivity index (χ0v) is 17.8. The summed E-state index contributed by atoms with van der Waals surface area (Å²) in [6, 6.07) is 11.7. The van der Waals surface area contributed by atoms with Gasteiger partial charge in [0, 0.05) is 24.7 Å². The number of fused-ring (bicyclic) bond motifs is 3. The van der Waals surface area contributed by atoms with E-state index in [0.29, 0.717) is 29.9 Å². The van der Waals surface area contributed by atoms with Gasteiger partial charge in [-0.15, -0.1) is 0 Å². The standard InChI is InChI=1S/C22H19ClN4O5/c1-31-9-8-24-21(29)14-7-6-13(10-16(14)23)26-18(28)11-27-12-25-19-15-4-2-3-5-17(15)32-20(19)22(27)30/h2-7,10,12H,8-9,11H2,1H3,(H,24,29)(H,26,28).